The minimum Gasteiger partial charge on any atom is -0.502 e. The predicted molar refractivity (Wildman–Crippen MR) is 98.2 cm³/mol. The Morgan fingerprint density at radius 2 is 1.82 bits per heavy atom. The van der Waals surface area contributed by atoms with Crippen LogP contribution < -0.4 is 14.7 Å². The molecule has 28 heavy (non-hydrogen) atoms. The summed E-state index contributed by atoms with van der Waals surface area (Å²) in [5, 5.41) is 24.9. The molecule has 2 aromatic carbocycles. The fourth-order valence-corrected chi connectivity index (χ4v) is 2.77. The van der Waals surface area contributed by atoms with Crippen LogP contribution in [0, 0.1) is 11.8 Å². The molecule has 0 spiro atoms. The molecule has 0 atom stereocenters. The molecule has 1 heterocycles. The summed E-state index contributed by atoms with van der Waals surface area (Å²) < 4.78 is 6.48. The van der Waals surface area contributed by atoms with Crippen molar-refractivity contribution in [2.75, 3.05) is 6.54 Å². The summed E-state index contributed by atoms with van der Waals surface area (Å²) in [5.41, 5.74) is -0.167. The number of carbonyl (C=O) groups is 2. The maximum absolute atomic E-state index is 12.3. The van der Waals surface area contributed by atoms with Gasteiger partial charge >= 0.3 is 17.6 Å². The first kappa shape index (κ1) is 18.8. The number of carbonyl (C=O) groups excluding carboxylic acids is 1. The van der Waals surface area contributed by atoms with Crippen LogP contribution in [0.3, 0.4) is 0 Å². The molecule has 9 nitrogen and oxygen atoms in total. The Labute approximate surface area is 158 Å². The molecule has 0 radical (unpaired) electrons. The number of amides is 1. The molecule has 9 heteroatoms. The number of para-hydroxylation sites is 1. The first-order chi connectivity index (χ1) is 13.4. The van der Waals surface area contributed by atoms with Gasteiger partial charge in [0.25, 0.3) is 0 Å². The van der Waals surface area contributed by atoms with Crippen molar-refractivity contribution in [3.8, 4) is 17.2 Å². The number of hydrogen-bond acceptors (Lipinski definition) is 6. The van der Waals surface area contributed by atoms with E-state index in [2.05, 4.69) is 10.6 Å². The summed E-state index contributed by atoms with van der Waals surface area (Å²) in [4.78, 5) is 34.3. The van der Waals surface area contributed by atoms with E-state index in [1.807, 2.05) is 18.2 Å². The summed E-state index contributed by atoms with van der Waals surface area (Å²) in [6.07, 6.45) is 0. The number of aryl methyl sites for hydroxylation is 1. The van der Waals surface area contributed by atoms with Gasteiger partial charge in [-0.05, 0) is 35.0 Å². The third-order valence-corrected chi connectivity index (χ3v) is 4.07. The second-order valence-electron chi connectivity index (χ2n) is 5.87. The normalized spacial score (nSPS) is 10.5. The second-order valence-corrected chi connectivity index (χ2v) is 5.87. The Morgan fingerprint density at radius 1 is 1.11 bits per heavy atom. The Bertz CT molecular complexity index is 1080. The number of hydrogen-bond donors (Lipinski definition) is 3. The zero-order chi connectivity index (χ0) is 20.3. The van der Waals surface area contributed by atoms with Crippen molar-refractivity contribution in [3.63, 3.8) is 0 Å². The average Bonchev–Trinajstić information content (AvgIpc) is 2.69. The number of carboxylic acids is 1. The quantitative estimate of drug-likeness (QED) is 0.443. The number of aliphatic carboxylic acids is 1. The molecule has 3 N–H and O–H groups in total. The molecule has 142 valence electrons. The minimum absolute atomic E-state index is 0.279. The van der Waals surface area contributed by atoms with Crippen LogP contribution in [0.5, 0.6) is 17.2 Å². The Morgan fingerprint density at radius 3 is 2.46 bits per heavy atom. The number of aromatic hydroxyl groups is 1. The van der Waals surface area contributed by atoms with Crippen molar-refractivity contribution < 1.29 is 29.2 Å². The van der Waals surface area contributed by atoms with Gasteiger partial charge in [-0.2, -0.15) is 0 Å². The number of nitrogens with zero attached hydrogens (tertiary/aromatic N) is 2. The van der Waals surface area contributed by atoms with E-state index in [0.29, 0.717) is 22.3 Å². The van der Waals surface area contributed by atoms with Crippen LogP contribution in [0.1, 0.15) is 16.2 Å². The second kappa shape index (κ2) is 7.70. The lowest BCUT2D eigenvalue weighted by Gasteiger charge is -2.09. The zero-order valence-electron chi connectivity index (χ0n) is 14.7. The summed E-state index contributed by atoms with van der Waals surface area (Å²) in [6.45, 7) is 0.877. The van der Waals surface area contributed by atoms with E-state index in [1.54, 1.807) is 37.3 Å². The summed E-state index contributed by atoms with van der Waals surface area (Å²) >= 11 is 0. The minimum atomic E-state index is -1.27. The molecule has 1 amide bonds. The zero-order valence-corrected chi connectivity index (χ0v) is 14.7. The van der Waals surface area contributed by atoms with E-state index in [1.165, 1.54) is 0 Å². The van der Waals surface area contributed by atoms with Crippen molar-refractivity contribution in [1.82, 2.24) is 5.32 Å². The molecular weight excluding hydrogens is 366 g/mol. The molecule has 0 bridgehead atoms. The van der Waals surface area contributed by atoms with Gasteiger partial charge < -0.3 is 20.3 Å². The van der Waals surface area contributed by atoms with E-state index in [9.17, 15) is 19.6 Å². The third-order valence-electron chi connectivity index (χ3n) is 4.07. The van der Waals surface area contributed by atoms with Crippen LogP contribution in [0.15, 0.2) is 53.8 Å². The van der Waals surface area contributed by atoms with Gasteiger partial charge in [0.15, 0.2) is 0 Å². The van der Waals surface area contributed by atoms with Crippen molar-refractivity contribution in [2.45, 2.75) is 6.92 Å². The first-order valence-electron chi connectivity index (χ1n) is 8.20. The standard InChI is InChI=1S/C19H15N3O6/c1-11-15-9-13(28-12-5-3-2-4-6-12)7-8-14(15)18(25)17(22(11)21-27)19(26)20-10-16(23)24/h2-9H,10H2,1H3,(H2-,20,23,24,25,26)/p+1. The molecular formula is C19H16N3O6+. The maximum atomic E-state index is 12.3. The van der Waals surface area contributed by atoms with Gasteiger partial charge in [0.2, 0.25) is 16.7 Å². The number of rotatable bonds is 6. The molecule has 3 rings (SSSR count). The van der Waals surface area contributed by atoms with E-state index in [4.69, 9.17) is 9.84 Å². The van der Waals surface area contributed by atoms with Crippen molar-refractivity contribution >= 4 is 22.6 Å². The molecule has 0 aliphatic heterocycles. The average molecular weight is 382 g/mol. The number of pyridine rings is 1. The van der Waals surface area contributed by atoms with Crippen LogP contribution in [0.2, 0.25) is 0 Å². The van der Waals surface area contributed by atoms with Crippen molar-refractivity contribution in [1.29, 1.82) is 0 Å². The van der Waals surface area contributed by atoms with Gasteiger partial charge in [0.1, 0.15) is 18.0 Å². The van der Waals surface area contributed by atoms with Gasteiger partial charge in [0, 0.05) is 12.3 Å². The fourth-order valence-electron chi connectivity index (χ4n) is 2.77. The lowest BCUT2D eigenvalue weighted by Crippen LogP contribution is -2.43. The van der Waals surface area contributed by atoms with Crippen LogP contribution in [0.4, 0.5) is 0 Å². The number of fused-ring (bicyclic) bond motifs is 1. The molecule has 0 saturated carbocycles. The van der Waals surface area contributed by atoms with Gasteiger partial charge in [-0.15, -0.1) is 0 Å². The topological polar surface area (TPSA) is 129 Å². The number of benzene rings is 2. The van der Waals surface area contributed by atoms with E-state index >= 15 is 0 Å². The lowest BCUT2D eigenvalue weighted by molar-refractivity contribution is -0.688. The predicted octanol–water partition coefficient (Wildman–Crippen LogP) is 2.28. The highest BCUT2D eigenvalue weighted by Crippen LogP contribution is 2.32. The Balaban J connectivity index is 2.09. The summed E-state index contributed by atoms with van der Waals surface area (Å²) in [5.74, 6) is -1.63. The van der Waals surface area contributed by atoms with Crippen LogP contribution >= 0.6 is 0 Å². The van der Waals surface area contributed by atoms with E-state index < -0.39 is 29.9 Å². The Kier molecular flexibility index (Phi) is 5.16. The molecule has 1 aromatic heterocycles. The van der Waals surface area contributed by atoms with Gasteiger partial charge in [0.05, 0.1) is 5.39 Å². The largest absolute Gasteiger partial charge is 0.502 e. The first-order valence-corrected chi connectivity index (χ1v) is 8.20. The van der Waals surface area contributed by atoms with E-state index in [0.717, 1.165) is 4.68 Å². The van der Waals surface area contributed by atoms with Crippen molar-refractivity contribution in [3.05, 3.63) is 64.8 Å². The molecule has 0 aliphatic carbocycles. The summed E-state index contributed by atoms with van der Waals surface area (Å²) in [7, 11) is 0. The van der Waals surface area contributed by atoms with Crippen LogP contribution in [-0.2, 0) is 4.79 Å². The van der Waals surface area contributed by atoms with Crippen LogP contribution in [-0.4, -0.2) is 28.6 Å². The molecule has 0 unspecified atom stereocenters. The number of nitrogens with one attached hydrogen (secondary N) is 1. The number of carboxylic acid groups (broad SMARTS) is 1. The van der Waals surface area contributed by atoms with Gasteiger partial charge in [-0.3, -0.25) is 9.59 Å². The molecule has 0 saturated heterocycles. The lowest BCUT2D eigenvalue weighted by atomic mass is 10.1. The monoisotopic (exact) mass is 382 g/mol. The highest BCUT2D eigenvalue weighted by Gasteiger charge is 2.32. The van der Waals surface area contributed by atoms with Gasteiger partial charge in [-0.1, -0.05) is 23.1 Å². The maximum Gasteiger partial charge on any atom is 0.347 e. The fraction of sp³-hybridized carbons (Fsp3) is 0.105. The highest BCUT2D eigenvalue weighted by molar-refractivity contribution is 6.01. The molecule has 0 fully saturated rings. The number of ether oxygens (including phenoxy) is 1. The van der Waals surface area contributed by atoms with Crippen LogP contribution in [0.25, 0.3) is 10.8 Å². The smallest absolute Gasteiger partial charge is 0.347 e. The van der Waals surface area contributed by atoms with Crippen molar-refractivity contribution in [2.24, 2.45) is 5.29 Å². The molecule has 3 aromatic rings. The molecule has 0 aliphatic rings. The number of nitroso groups, excluding NO2 is 1. The third kappa shape index (κ3) is 3.58. The highest BCUT2D eigenvalue weighted by atomic mass is 16.5. The Hall–Kier alpha value is -4.01. The number of aromatic nitrogens is 1. The summed E-state index contributed by atoms with van der Waals surface area (Å²) in [6, 6.07) is 13.8. The SMILES string of the molecule is Cc1c2cc(Oc3ccccc3)ccc2c(O)c(C(=O)NCC(=O)O)[n+]1N=O. The van der Waals surface area contributed by atoms with E-state index in [-0.39, 0.29) is 5.69 Å². The van der Waals surface area contributed by atoms with Gasteiger partial charge in [-0.25, -0.2) is 0 Å².